The third-order valence-corrected chi connectivity index (χ3v) is 4.99. The smallest absolute Gasteiger partial charge is 0.354 e. The average Bonchev–Trinajstić information content (AvgIpc) is 2.92. The van der Waals surface area contributed by atoms with Gasteiger partial charge in [0.15, 0.2) is 0 Å². The molecule has 2 heterocycles. The van der Waals surface area contributed by atoms with E-state index < -0.39 is 11.4 Å². The minimum atomic E-state index is -0.652. The Morgan fingerprint density at radius 2 is 1.68 bits per heavy atom. The van der Waals surface area contributed by atoms with Crippen molar-refractivity contribution in [2.45, 2.75) is 20.4 Å². The Morgan fingerprint density at radius 1 is 0.973 bits per heavy atom. The van der Waals surface area contributed by atoms with Crippen molar-refractivity contribution in [3.05, 3.63) is 99.5 Å². The van der Waals surface area contributed by atoms with Crippen LogP contribution in [-0.4, -0.2) is 32.2 Å². The van der Waals surface area contributed by atoms with E-state index in [1.807, 2.05) is 44.2 Å². The predicted molar refractivity (Wildman–Crippen MR) is 143 cm³/mol. The molecule has 192 valence electrons. The maximum Gasteiger partial charge on any atom is 0.354 e. The monoisotopic (exact) mass is 503 g/mol. The summed E-state index contributed by atoms with van der Waals surface area (Å²) in [5.41, 5.74) is 0.372. The molecular formula is C26H29N7O4. The summed E-state index contributed by atoms with van der Waals surface area (Å²) in [6.07, 6.45) is 1.52. The van der Waals surface area contributed by atoms with Gasteiger partial charge in [-0.05, 0) is 35.9 Å². The Balaban J connectivity index is 0.00000186. The minimum absolute atomic E-state index is 0.134. The lowest BCUT2D eigenvalue weighted by Gasteiger charge is -2.14. The van der Waals surface area contributed by atoms with Gasteiger partial charge in [0.2, 0.25) is 5.95 Å². The Bertz CT molecular complexity index is 1450. The molecule has 0 aliphatic rings. The van der Waals surface area contributed by atoms with Crippen molar-refractivity contribution < 1.29 is 9.53 Å². The molecule has 4 rings (SSSR count). The van der Waals surface area contributed by atoms with E-state index in [1.165, 1.54) is 24.9 Å². The van der Waals surface area contributed by atoms with Gasteiger partial charge in [0, 0.05) is 32.0 Å². The fourth-order valence-corrected chi connectivity index (χ4v) is 3.18. The second-order valence-corrected chi connectivity index (χ2v) is 7.46. The summed E-state index contributed by atoms with van der Waals surface area (Å²) in [5, 5.41) is 8.08. The second-order valence-electron chi connectivity index (χ2n) is 7.46. The highest BCUT2D eigenvalue weighted by molar-refractivity contribution is 5.88. The Labute approximate surface area is 213 Å². The van der Waals surface area contributed by atoms with E-state index in [2.05, 4.69) is 25.9 Å². The van der Waals surface area contributed by atoms with Crippen LogP contribution < -0.4 is 32.1 Å². The van der Waals surface area contributed by atoms with Crippen LogP contribution in [0.5, 0.6) is 11.5 Å². The first-order valence-electron chi connectivity index (χ1n) is 11.6. The summed E-state index contributed by atoms with van der Waals surface area (Å²) in [6.45, 7) is 4.25. The van der Waals surface area contributed by atoms with Crippen molar-refractivity contribution in [1.82, 2.24) is 24.4 Å². The van der Waals surface area contributed by atoms with Crippen LogP contribution >= 0.6 is 0 Å². The highest BCUT2D eigenvalue weighted by atomic mass is 16.5. The SMILES string of the molecule is CC.CNC(=O)Nc1cc(Oc2ccc(Nc3nc(=O)n(C)c(=O)n3Cc3ccccc3)cc2)ccn1. The largest absolute Gasteiger partial charge is 0.457 e. The molecular weight excluding hydrogens is 474 g/mol. The summed E-state index contributed by atoms with van der Waals surface area (Å²) in [4.78, 5) is 44.5. The van der Waals surface area contributed by atoms with Crippen molar-refractivity contribution in [1.29, 1.82) is 0 Å². The number of ether oxygens (including phenoxy) is 1. The molecule has 0 bridgehead atoms. The van der Waals surface area contributed by atoms with E-state index in [0.29, 0.717) is 23.0 Å². The van der Waals surface area contributed by atoms with E-state index in [-0.39, 0.29) is 18.5 Å². The number of nitrogens with one attached hydrogen (secondary N) is 3. The van der Waals surface area contributed by atoms with Crippen LogP contribution in [0.1, 0.15) is 19.4 Å². The maximum absolute atomic E-state index is 12.8. The van der Waals surface area contributed by atoms with E-state index in [1.54, 1.807) is 36.4 Å². The van der Waals surface area contributed by atoms with E-state index in [0.717, 1.165) is 10.1 Å². The third kappa shape index (κ3) is 7.04. The van der Waals surface area contributed by atoms with Crippen LogP contribution in [-0.2, 0) is 13.6 Å². The summed E-state index contributed by atoms with van der Waals surface area (Å²) in [6, 6.07) is 19.2. The summed E-state index contributed by atoms with van der Waals surface area (Å²) >= 11 is 0. The van der Waals surface area contributed by atoms with Gasteiger partial charge in [-0.15, -0.1) is 0 Å². The van der Waals surface area contributed by atoms with E-state index in [4.69, 9.17) is 4.74 Å². The molecule has 0 aliphatic carbocycles. The van der Waals surface area contributed by atoms with Gasteiger partial charge >= 0.3 is 17.4 Å². The molecule has 0 saturated carbocycles. The number of carbonyl (C=O) groups is 1. The number of anilines is 3. The first-order valence-corrected chi connectivity index (χ1v) is 11.6. The number of urea groups is 1. The highest BCUT2D eigenvalue weighted by Crippen LogP contribution is 2.25. The van der Waals surface area contributed by atoms with Gasteiger partial charge in [-0.25, -0.2) is 23.9 Å². The third-order valence-electron chi connectivity index (χ3n) is 4.99. The molecule has 2 aromatic carbocycles. The summed E-state index contributed by atoms with van der Waals surface area (Å²) in [5.74, 6) is 1.49. The number of rotatable bonds is 7. The van der Waals surface area contributed by atoms with Gasteiger partial charge in [0.1, 0.15) is 17.3 Å². The normalized spacial score (nSPS) is 10.1. The summed E-state index contributed by atoms with van der Waals surface area (Å²) in [7, 11) is 2.90. The zero-order valence-electron chi connectivity index (χ0n) is 21.1. The molecule has 4 aromatic rings. The van der Waals surface area contributed by atoms with Crippen LogP contribution in [0.25, 0.3) is 0 Å². The van der Waals surface area contributed by atoms with Gasteiger partial charge in [-0.1, -0.05) is 44.2 Å². The van der Waals surface area contributed by atoms with Crippen LogP contribution in [0.3, 0.4) is 0 Å². The maximum atomic E-state index is 12.8. The lowest BCUT2D eigenvalue weighted by atomic mass is 10.2. The fraction of sp³-hybridized carbons (Fsp3) is 0.192. The molecule has 0 radical (unpaired) electrons. The number of carbonyl (C=O) groups excluding carboxylic acids is 1. The Hall–Kier alpha value is -4.93. The minimum Gasteiger partial charge on any atom is -0.457 e. The predicted octanol–water partition coefficient (Wildman–Crippen LogP) is 3.70. The molecule has 0 saturated heterocycles. The van der Waals surface area contributed by atoms with Crippen LogP contribution in [0, 0.1) is 0 Å². The fourth-order valence-electron chi connectivity index (χ4n) is 3.18. The Morgan fingerprint density at radius 3 is 2.35 bits per heavy atom. The number of aromatic nitrogens is 4. The number of amides is 2. The van der Waals surface area contributed by atoms with Crippen LogP contribution in [0.4, 0.5) is 22.2 Å². The molecule has 11 heteroatoms. The first-order chi connectivity index (χ1) is 17.9. The molecule has 0 aliphatic heterocycles. The van der Waals surface area contributed by atoms with Crippen molar-refractivity contribution in [3.8, 4) is 11.5 Å². The lowest BCUT2D eigenvalue weighted by Crippen LogP contribution is -2.41. The van der Waals surface area contributed by atoms with E-state index >= 15 is 0 Å². The van der Waals surface area contributed by atoms with Crippen molar-refractivity contribution >= 4 is 23.5 Å². The number of hydrogen-bond donors (Lipinski definition) is 3. The number of pyridine rings is 1. The second kappa shape index (κ2) is 12.7. The topological polar surface area (TPSA) is 132 Å². The van der Waals surface area contributed by atoms with Gasteiger partial charge in [-0.2, -0.15) is 4.98 Å². The van der Waals surface area contributed by atoms with Gasteiger partial charge in [0.25, 0.3) is 0 Å². The molecule has 11 nitrogen and oxygen atoms in total. The van der Waals surface area contributed by atoms with Crippen LogP contribution in [0.15, 0.2) is 82.5 Å². The van der Waals surface area contributed by atoms with Crippen molar-refractivity contribution in [2.75, 3.05) is 17.7 Å². The quantitative estimate of drug-likeness (QED) is 0.350. The molecule has 0 fully saturated rings. The number of hydrogen-bond acceptors (Lipinski definition) is 7. The van der Waals surface area contributed by atoms with Crippen LogP contribution in [0.2, 0.25) is 0 Å². The zero-order valence-corrected chi connectivity index (χ0v) is 21.1. The molecule has 3 N–H and O–H groups in total. The molecule has 2 amide bonds. The molecule has 37 heavy (non-hydrogen) atoms. The Kier molecular flexibility index (Phi) is 9.14. The standard InChI is InChI=1S/C24H23N7O4.C2H6/c1-25-22(32)28-20-14-19(12-13-26-20)35-18-10-8-17(9-11-18)27-21-29-23(33)30(2)24(34)31(21)15-16-6-4-3-5-7-16;1-2/h3-14H,15H2,1-2H3,(H,27,29,33)(H2,25,26,28,32);1-2H3. The van der Waals surface area contributed by atoms with Crippen molar-refractivity contribution in [3.63, 3.8) is 0 Å². The van der Waals surface area contributed by atoms with Gasteiger partial charge in [0.05, 0.1) is 6.54 Å². The summed E-state index contributed by atoms with van der Waals surface area (Å²) < 4.78 is 8.20. The van der Waals surface area contributed by atoms with Crippen molar-refractivity contribution in [2.24, 2.45) is 7.05 Å². The zero-order chi connectivity index (χ0) is 26.8. The van der Waals surface area contributed by atoms with Gasteiger partial charge in [-0.3, -0.25) is 9.88 Å². The molecule has 0 unspecified atom stereocenters. The number of nitrogens with zero attached hydrogens (tertiary/aromatic N) is 4. The highest BCUT2D eigenvalue weighted by Gasteiger charge is 2.12. The van der Waals surface area contributed by atoms with Gasteiger partial charge < -0.3 is 15.4 Å². The lowest BCUT2D eigenvalue weighted by molar-refractivity contribution is 0.254. The first kappa shape index (κ1) is 26.7. The molecule has 0 spiro atoms. The molecule has 2 aromatic heterocycles. The molecule has 0 atom stereocenters. The number of benzene rings is 2. The van der Waals surface area contributed by atoms with E-state index in [9.17, 15) is 14.4 Å². The average molecular weight is 504 g/mol.